The Kier molecular flexibility index (Phi) is 6.97. The predicted molar refractivity (Wildman–Crippen MR) is 123 cm³/mol. The van der Waals surface area contributed by atoms with Gasteiger partial charge in [-0.2, -0.15) is 0 Å². The number of nitrogens with zero attached hydrogens (tertiary/aromatic N) is 4. The molecule has 2 aromatic carbocycles. The smallest absolute Gasteiger partial charge is 0.217 e. The van der Waals surface area contributed by atoms with E-state index in [0.717, 1.165) is 31.8 Å². The molecule has 0 radical (unpaired) electrons. The van der Waals surface area contributed by atoms with Crippen molar-refractivity contribution in [3.05, 3.63) is 76.3 Å². The van der Waals surface area contributed by atoms with Gasteiger partial charge in [0, 0.05) is 23.1 Å². The first kappa shape index (κ1) is 22.2. The van der Waals surface area contributed by atoms with Crippen LogP contribution in [0.3, 0.4) is 0 Å². The molecule has 2 heterocycles. The van der Waals surface area contributed by atoms with Crippen LogP contribution in [-0.2, 0) is 17.9 Å². The summed E-state index contributed by atoms with van der Waals surface area (Å²) >= 11 is 6.29. The summed E-state index contributed by atoms with van der Waals surface area (Å²) in [7, 11) is 0. The molecule has 1 N–H and O–H groups in total. The molecule has 3 aromatic rings. The van der Waals surface area contributed by atoms with Gasteiger partial charge in [0.25, 0.3) is 0 Å². The average Bonchev–Trinajstić information content (AvgIpc) is 3.20. The summed E-state index contributed by atoms with van der Waals surface area (Å²) < 4.78 is 1.89. The van der Waals surface area contributed by atoms with Crippen LogP contribution in [0.2, 0.25) is 5.02 Å². The molecule has 0 saturated carbocycles. The fourth-order valence-electron chi connectivity index (χ4n) is 4.00. The molecule has 1 aliphatic heterocycles. The van der Waals surface area contributed by atoms with Crippen molar-refractivity contribution in [2.75, 3.05) is 13.1 Å². The molecule has 8 heteroatoms. The standard InChI is InChI=1S/C24H26ClN5O2/c1-17(31)26-15-22-27-28-23(16-29-12-6-3-7-13-29)30(22)21-11-10-19(25)14-20(21)24(32)18-8-4-2-5-9-18/h2,4-5,8-11,14H,3,6-7,12-13,15-16H2,1H3,(H,26,31). The SMILES string of the molecule is CC(=O)NCc1nnc(CN2CCCCC2)n1-c1ccc(Cl)cc1C(=O)c1ccccc1. The van der Waals surface area contributed by atoms with Gasteiger partial charge in [-0.1, -0.05) is 48.4 Å². The number of aromatic nitrogens is 3. The van der Waals surface area contributed by atoms with E-state index in [1.807, 2.05) is 28.8 Å². The van der Waals surface area contributed by atoms with Crippen LogP contribution in [-0.4, -0.2) is 44.4 Å². The molecular formula is C24H26ClN5O2. The van der Waals surface area contributed by atoms with E-state index in [0.29, 0.717) is 34.2 Å². The Labute approximate surface area is 192 Å². The summed E-state index contributed by atoms with van der Waals surface area (Å²) in [6.07, 6.45) is 3.56. The summed E-state index contributed by atoms with van der Waals surface area (Å²) in [5.41, 5.74) is 1.69. The highest BCUT2D eigenvalue weighted by Crippen LogP contribution is 2.26. The van der Waals surface area contributed by atoms with Gasteiger partial charge in [0.2, 0.25) is 5.91 Å². The van der Waals surface area contributed by atoms with Crippen molar-refractivity contribution in [3.8, 4) is 5.69 Å². The van der Waals surface area contributed by atoms with E-state index < -0.39 is 0 Å². The molecule has 0 spiro atoms. The van der Waals surface area contributed by atoms with E-state index in [1.54, 1.807) is 24.3 Å². The summed E-state index contributed by atoms with van der Waals surface area (Å²) in [6.45, 7) is 4.30. The number of carbonyl (C=O) groups excluding carboxylic acids is 2. The Morgan fingerprint density at radius 3 is 2.44 bits per heavy atom. The van der Waals surface area contributed by atoms with Crippen molar-refractivity contribution in [1.29, 1.82) is 0 Å². The number of ketones is 1. The van der Waals surface area contributed by atoms with E-state index in [4.69, 9.17) is 11.6 Å². The van der Waals surface area contributed by atoms with E-state index >= 15 is 0 Å². The van der Waals surface area contributed by atoms with Crippen molar-refractivity contribution in [2.45, 2.75) is 39.3 Å². The Balaban J connectivity index is 1.79. The minimum absolute atomic E-state index is 0.133. The van der Waals surface area contributed by atoms with Crippen LogP contribution >= 0.6 is 11.6 Å². The zero-order chi connectivity index (χ0) is 22.5. The maximum atomic E-state index is 13.4. The van der Waals surface area contributed by atoms with E-state index in [2.05, 4.69) is 20.4 Å². The lowest BCUT2D eigenvalue weighted by Crippen LogP contribution is -2.30. The number of halogens is 1. The number of nitrogens with one attached hydrogen (secondary N) is 1. The van der Waals surface area contributed by atoms with Gasteiger partial charge in [-0.25, -0.2) is 0 Å². The summed E-state index contributed by atoms with van der Waals surface area (Å²) in [5, 5.41) is 12.1. The number of likely N-dealkylation sites (tertiary alicyclic amines) is 1. The number of hydrogen-bond donors (Lipinski definition) is 1. The largest absolute Gasteiger partial charge is 0.349 e. The second-order valence-corrected chi connectivity index (χ2v) is 8.41. The van der Waals surface area contributed by atoms with E-state index in [1.165, 1.54) is 13.3 Å². The minimum atomic E-state index is -0.158. The Hall–Kier alpha value is -3.03. The lowest BCUT2D eigenvalue weighted by atomic mass is 10.0. The monoisotopic (exact) mass is 451 g/mol. The first-order chi connectivity index (χ1) is 15.5. The van der Waals surface area contributed by atoms with Crippen LogP contribution in [0, 0.1) is 0 Å². The normalized spacial score (nSPS) is 14.3. The van der Waals surface area contributed by atoms with Crippen molar-refractivity contribution < 1.29 is 9.59 Å². The van der Waals surface area contributed by atoms with Gasteiger partial charge >= 0.3 is 0 Å². The molecule has 7 nitrogen and oxygen atoms in total. The van der Waals surface area contributed by atoms with Crippen LogP contribution in [0.25, 0.3) is 5.69 Å². The van der Waals surface area contributed by atoms with Crippen molar-refractivity contribution in [2.24, 2.45) is 0 Å². The molecule has 0 bridgehead atoms. The van der Waals surface area contributed by atoms with Gasteiger partial charge < -0.3 is 5.32 Å². The molecule has 32 heavy (non-hydrogen) atoms. The topological polar surface area (TPSA) is 80.1 Å². The number of carbonyl (C=O) groups is 2. The molecule has 0 aliphatic carbocycles. The third kappa shape index (κ3) is 5.06. The van der Waals surface area contributed by atoms with E-state index in [9.17, 15) is 9.59 Å². The molecule has 0 atom stereocenters. The van der Waals surface area contributed by atoms with Crippen LogP contribution in [0.5, 0.6) is 0 Å². The molecule has 1 amide bonds. The highest BCUT2D eigenvalue weighted by atomic mass is 35.5. The van der Waals surface area contributed by atoms with Crippen LogP contribution in [0.1, 0.15) is 53.8 Å². The van der Waals surface area contributed by atoms with Gasteiger partial charge in [0.1, 0.15) is 0 Å². The molecule has 1 aromatic heterocycles. The third-order valence-electron chi connectivity index (χ3n) is 5.59. The van der Waals surface area contributed by atoms with Crippen LogP contribution < -0.4 is 5.32 Å². The van der Waals surface area contributed by atoms with Gasteiger partial charge in [-0.05, 0) is 44.1 Å². The quantitative estimate of drug-likeness (QED) is 0.553. The third-order valence-corrected chi connectivity index (χ3v) is 5.82. The molecule has 0 unspecified atom stereocenters. The molecule has 4 rings (SSSR count). The highest BCUT2D eigenvalue weighted by molar-refractivity contribution is 6.31. The number of rotatable bonds is 7. The number of amides is 1. The van der Waals surface area contributed by atoms with Crippen LogP contribution in [0.15, 0.2) is 48.5 Å². The molecular weight excluding hydrogens is 426 g/mol. The summed E-state index contributed by atoms with van der Waals surface area (Å²) in [5.74, 6) is 1.01. The lowest BCUT2D eigenvalue weighted by molar-refractivity contribution is -0.119. The molecule has 1 saturated heterocycles. The number of benzene rings is 2. The molecule has 1 aliphatic rings. The summed E-state index contributed by atoms with van der Waals surface area (Å²) in [6, 6.07) is 14.4. The maximum absolute atomic E-state index is 13.4. The highest BCUT2D eigenvalue weighted by Gasteiger charge is 2.23. The maximum Gasteiger partial charge on any atom is 0.217 e. The molecule has 166 valence electrons. The van der Waals surface area contributed by atoms with Crippen molar-refractivity contribution >= 4 is 23.3 Å². The summed E-state index contributed by atoms with van der Waals surface area (Å²) in [4.78, 5) is 27.3. The van der Waals surface area contributed by atoms with Gasteiger partial charge in [0.05, 0.1) is 18.8 Å². The lowest BCUT2D eigenvalue weighted by Gasteiger charge is -2.26. The number of piperidine rings is 1. The Morgan fingerprint density at radius 1 is 1.00 bits per heavy atom. The van der Waals surface area contributed by atoms with Crippen molar-refractivity contribution in [1.82, 2.24) is 25.0 Å². The Morgan fingerprint density at radius 2 is 1.72 bits per heavy atom. The second-order valence-electron chi connectivity index (χ2n) is 7.97. The average molecular weight is 452 g/mol. The predicted octanol–water partition coefficient (Wildman–Crippen LogP) is 3.77. The Bertz CT molecular complexity index is 1110. The minimum Gasteiger partial charge on any atom is -0.349 e. The van der Waals surface area contributed by atoms with Crippen molar-refractivity contribution in [3.63, 3.8) is 0 Å². The zero-order valence-corrected chi connectivity index (χ0v) is 18.8. The number of hydrogen-bond acceptors (Lipinski definition) is 5. The van der Waals surface area contributed by atoms with Gasteiger partial charge in [0.15, 0.2) is 17.4 Å². The zero-order valence-electron chi connectivity index (χ0n) is 18.1. The van der Waals surface area contributed by atoms with Gasteiger partial charge in [-0.15, -0.1) is 10.2 Å². The fourth-order valence-corrected chi connectivity index (χ4v) is 4.17. The second kappa shape index (κ2) is 10.1. The van der Waals surface area contributed by atoms with Gasteiger partial charge in [-0.3, -0.25) is 19.1 Å². The fraction of sp³-hybridized carbons (Fsp3) is 0.333. The van der Waals surface area contributed by atoms with Crippen LogP contribution in [0.4, 0.5) is 0 Å². The van der Waals surface area contributed by atoms with E-state index in [-0.39, 0.29) is 18.2 Å². The molecule has 1 fully saturated rings. The first-order valence-electron chi connectivity index (χ1n) is 10.8. The first-order valence-corrected chi connectivity index (χ1v) is 11.2.